The van der Waals surface area contributed by atoms with Crippen LogP contribution in [0.5, 0.6) is 11.5 Å². The Morgan fingerprint density at radius 1 is 1.10 bits per heavy atom. The molecule has 0 radical (unpaired) electrons. The summed E-state index contributed by atoms with van der Waals surface area (Å²) in [4.78, 5) is 12.0. The van der Waals surface area contributed by atoms with Crippen molar-refractivity contribution in [2.45, 2.75) is 13.5 Å². The molecule has 0 heterocycles. The minimum Gasteiger partial charge on any atom is -0.493 e. The molecule has 0 saturated heterocycles. The van der Waals surface area contributed by atoms with Crippen LogP contribution in [-0.2, 0) is 6.61 Å². The van der Waals surface area contributed by atoms with Crippen LogP contribution in [0.25, 0.3) is 0 Å². The first-order valence-corrected chi connectivity index (χ1v) is 9.64. The second-order valence-electron chi connectivity index (χ2n) is 6.49. The van der Waals surface area contributed by atoms with E-state index < -0.39 is 6.03 Å². The van der Waals surface area contributed by atoms with Crippen LogP contribution in [0.1, 0.15) is 16.7 Å². The minimum atomic E-state index is -0.473. The predicted molar refractivity (Wildman–Crippen MR) is 120 cm³/mol. The van der Waals surface area contributed by atoms with Crippen LogP contribution in [-0.4, -0.2) is 19.4 Å². The first kappa shape index (κ1) is 21.2. The van der Waals surface area contributed by atoms with Gasteiger partial charge in [0.2, 0.25) is 0 Å². The Morgan fingerprint density at radius 3 is 2.60 bits per heavy atom. The highest BCUT2D eigenvalue weighted by molar-refractivity contribution is 6.30. The molecule has 3 rings (SSSR count). The maximum absolute atomic E-state index is 12.0. The average Bonchev–Trinajstić information content (AvgIpc) is 2.74. The number of hydrazone groups is 1. The van der Waals surface area contributed by atoms with E-state index in [9.17, 15) is 4.79 Å². The maximum atomic E-state index is 12.0. The third kappa shape index (κ3) is 5.99. The van der Waals surface area contributed by atoms with E-state index in [1.54, 1.807) is 31.4 Å². The van der Waals surface area contributed by atoms with Gasteiger partial charge in [-0.2, -0.15) is 5.10 Å². The van der Waals surface area contributed by atoms with Gasteiger partial charge in [-0.05, 0) is 48.9 Å². The fourth-order valence-electron chi connectivity index (χ4n) is 2.76. The smallest absolute Gasteiger partial charge is 0.339 e. The van der Waals surface area contributed by atoms with Crippen molar-refractivity contribution in [1.29, 1.82) is 0 Å². The molecule has 6 nitrogen and oxygen atoms in total. The molecule has 3 aromatic carbocycles. The zero-order chi connectivity index (χ0) is 21.3. The van der Waals surface area contributed by atoms with Crippen LogP contribution in [0.2, 0.25) is 5.02 Å². The highest BCUT2D eigenvalue weighted by Crippen LogP contribution is 2.30. The number of ether oxygens (including phenoxy) is 2. The molecular formula is C23H22ClN3O3. The van der Waals surface area contributed by atoms with Crippen molar-refractivity contribution in [3.05, 3.63) is 88.4 Å². The molecule has 2 amide bonds. The molecule has 0 spiro atoms. The number of benzene rings is 3. The van der Waals surface area contributed by atoms with E-state index in [0.29, 0.717) is 34.4 Å². The Balaban J connectivity index is 1.67. The highest BCUT2D eigenvalue weighted by atomic mass is 35.5. The number of rotatable bonds is 7. The summed E-state index contributed by atoms with van der Waals surface area (Å²) in [5.41, 5.74) is 5.92. The maximum Gasteiger partial charge on any atom is 0.339 e. The SMILES string of the molecule is COc1cccc(/C=N\NC(=O)Nc2ccc(Cl)cc2)c1OCc1cccc(C)c1. The minimum absolute atomic E-state index is 0.382. The van der Waals surface area contributed by atoms with Crippen LogP contribution in [0, 0.1) is 6.92 Å². The summed E-state index contributed by atoms with van der Waals surface area (Å²) in [5, 5.41) is 7.27. The largest absolute Gasteiger partial charge is 0.493 e. The number of hydrogen-bond donors (Lipinski definition) is 2. The fraction of sp³-hybridized carbons (Fsp3) is 0.130. The third-order valence-corrected chi connectivity index (χ3v) is 4.42. The number of urea groups is 1. The molecule has 3 aromatic rings. The number of nitrogens with one attached hydrogen (secondary N) is 2. The van der Waals surface area contributed by atoms with Crippen molar-refractivity contribution >= 4 is 29.5 Å². The molecule has 30 heavy (non-hydrogen) atoms. The summed E-state index contributed by atoms with van der Waals surface area (Å²) in [6.45, 7) is 2.42. The molecule has 7 heteroatoms. The first-order valence-electron chi connectivity index (χ1n) is 9.26. The first-order chi connectivity index (χ1) is 14.5. The molecule has 0 aliphatic heterocycles. The summed E-state index contributed by atoms with van der Waals surface area (Å²) in [5.74, 6) is 1.13. The summed E-state index contributed by atoms with van der Waals surface area (Å²) >= 11 is 5.84. The number of methoxy groups -OCH3 is 1. The van der Waals surface area contributed by atoms with E-state index >= 15 is 0 Å². The average molecular weight is 424 g/mol. The molecular weight excluding hydrogens is 402 g/mol. The van der Waals surface area contributed by atoms with Gasteiger partial charge < -0.3 is 14.8 Å². The summed E-state index contributed by atoms with van der Waals surface area (Å²) in [7, 11) is 1.58. The van der Waals surface area contributed by atoms with Crippen molar-refractivity contribution in [3.63, 3.8) is 0 Å². The monoisotopic (exact) mass is 423 g/mol. The van der Waals surface area contributed by atoms with Crippen LogP contribution in [0.4, 0.5) is 10.5 Å². The lowest BCUT2D eigenvalue weighted by molar-refractivity contribution is 0.252. The van der Waals surface area contributed by atoms with E-state index in [1.807, 2.05) is 43.3 Å². The number of carbonyl (C=O) groups excluding carboxylic acids is 1. The topological polar surface area (TPSA) is 72.0 Å². The molecule has 0 bridgehead atoms. The molecule has 154 valence electrons. The molecule has 0 atom stereocenters. The van der Waals surface area contributed by atoms with Crippen molar-refractivity contribution in [1.82, 2.24) is 5.43 Å². The third-order valence-electron chi connectivity index (χ3n) is 4.17. The van der Waals surface area contributed by atoms with E-state index in [4.69, 9.17) is 21.1 Å². The fourth-order valence-corrected chi connectivity index (χ4v) is 2.89. The lowest BCUT2D eigenvalue weighted by Gasteiger charge is -2.13. The molecule has 0 aliphatic carbocycles. The number of para-hydroxylation sites is 1. The Morgan fingerprint density at radius 2 is 1.87 bits per heavy atom. The summed E-state index contributed by atoms with van der Waals surface area (Å²) < 4.78 is 11.4. The van der Waals surface area contributed by atoms with Gasteiger partial charge in [0.05, 0.1) is 13.3 Å². The van der Waals surface area contributed by atoms with Gasteiger partial charge in [-0.1, -0.05) is 47.5 Å². The lowest BCUT2D eigenvalue weighted by Crippen LogP contribution is -2.24. The molecule has 0 unspecified atom stereocenters. The Kier molecular flexibility index (Phi) is 7.29. The van der Waals surface area contributed by atoms with Gasteiger partial charge in [0.15, 0.2) is 11.5 Å². The van der Waals surface area contributed by atoms with Crippen molar-refractivity contribution in [3.8, 4) is 11.5 Å². The molecule has 0 saturated carbocycles. The van der Waals surface area contributed by atoms with Crippen LogP contribution < -0.4 is 20.2 Å². The van der Waals surface area contributed by atoms with Gasteiger partial charge in [0, 0.05) is 16.3 Å². The normalized spacial score (nSPS) is 10.6. The van der Waals surface area contributed by atoms with E-state index in [1.165, 1.54) is 6.21 Å². The van der Waals surface area contributed by atoms with Gasteiger partial charge >= 0.3 is 6.03 Å². The summed E-state index contributed by atoms with van der Waals surface area (Å²) in [6.07, 6.45) is 1.51. The lowest BCUT2D eigenvalue weighted by atomic mass is 10.1. The van der Waals surface area contributed by atoms with E-state index in [-0.39, 0.29) is 0 Å². The molecule has 2 N–H and O–H groups in total. The number of halogens is 1. The van der Waals surface area contributed by atoms with Gasteiger partial charge in [0.25, 0.3) is 0 Å². The van der Waals surface area contributed by atoms with Crippen LogP contribution in [0.3, 0.4) is 0 Å². The van der Waals surface area contributed by atoms with Crippen molar-refractivity contribution in [2.24, 2.45) is 5.10 Å². The van der Waals surface area contributed by atoms with Gasteiger partial charge in [-0.25, -0.2) is 10.2 Å². The quantitative estimate of drug-likeness (QED) is 0.395. The number of hydrogen-bond acceptors (Lipinski definition) is 4. The number of anilines is 1. The number of nitrogens with zero attached hydrogens (tertiary/aromatic N) is 1. The standard InChI is InChI=1S/C23H22ClN3O3/c1-16-5-3-6-17(13-16)15-30-22-18(7-4-8-21(22)29-2)14-25-27-23(28)26-20-11-9-19(24)10-12-20/h3-14H,15H2,1-2H3,(H2,26,27,28)/b25-14-. The van der Waals surface area contributed by atoms with E-state index in [0.717, 1.165) is 11.1 Å². The molecule has 0 fully saturated rings. The number of aryl methyl sites for hydroxylation is 1. The van der Waals surface area contributed by atoms with Crippen LogP contribution >= 0.6 is 11.6 Å². The summed E-state index contributed by atoms with van der Waals surface area (Å²) in [6, 6.07) is 19.9. The molecule has 0 aromatic heterocycles. The van der Waals surface area contributed by atoms with Gasteiger partial charge in [-0.3, -0.25) is 0 Å². The second kappa shape index (κ2) is 10.3. The Hall–Kier alpha value is -3.51. The van der Waals surface area contributed by atoms with E-state index in [2.05, 4.69) is 21.9 Å². The zero-order valence-electron chi connectivity index (χ0n) is 16.7. The molecule has 0 aliphatic rings. The van der Waals surface area contributed by atoms with Gasteiger partial charge in [-0.15, -0.1) is 0 Å². The van der Waals surface area contributed by atoms with Crippen molar-refractivity contribution < 1.29 is 14.3 Å². The number of amides is 2. The van der Waals surface area contributed by atoms with Gasteiger partial charge in [0.1, 0.15) is 6.61 Å². The second-order valence-corrected chi connectivity index (χ2v) is 6.92. The Labute approximate surface area is 180 Å². The predicted octanol–water partition coefficient (Wildman–Crippen LogP) is 5.39. The number of carbonyl (C=O) groups is 1. The highest BCUT2D eigenvalue weighted by Gasteiger charge is 2.10. The van der Waals surface area contributed by atoms with Crippen LogP contribution in [0.15, 0.2) is 71.8 Å². The Bertz CT molecular complexity index is 1040. The van der Waals surface area contributed by atoms with Crippen molar-refractivity contribution in [2.75, 3.05) is 12.4 Å². The zero-order valence-corrected chi connectivity index (χ0v) is 17.4.